The van der Waals surface area contributed by atoms with Gasteiger partial charge >= 0.3 is 0 Å². The van der Waals surface area contributed by atoms with E-state index in [0.29, 0.717) is 5.13 Å². The van der Waals surface area contributed by atoms with Crippen molar-refractivity contribution in [2.45, 2.75) is 13.8 Å². The van der Waals surface area contributed by atoms with E-state index in [-0.39, 0.29) is 0 Å². The van der Waals surface area contributed by atoms with Crippen LogP contribution < -0.4 is 5.73 Å². The first-order valence-electron chi connectivity index (χ1n) is 5.86. The van der Waals surface area contributed by atoms with E-state index in [1.807, 2.05) is 23.7 Å². The minimum absolute atomic E-state index is 0.470. The second-order valence-electron chi connectivity index (χ2n) is 4.34. The van der Waals surface area contributed by atoms with Gasteiger partial charge in [0.05, 0.1) is 23.1 Å². The summed E-state index contributed by atoms with van der Waals surface area (Å²) >= 11 is 1.37. The van der Waals surface area contributed by atoms with Crippen molar-refractivity contribution in [2.24, 2.45) is 0 Å². The summed E-state index contributed by atoms with van der Waals surface area (Å²) in [7, 11) is 0. The largest absolute Gasteiger partial charge is 0.374 e. The van der Waals surface area contributed by atoms with E-state index >= 15 is 0 Å². The van der Waals surface area contributed by atoms with E-state index in [0.717, 1.165) is 22.0 Å². The molecule has 0 unspecified atom stereocenters. The van der Waals surface area contributed by atoms with E-state index < -0.39 is 0 Å². The molecular formula is C13H13N5S. The number of nitrogens with two attached hydrogens (primary N) is 1. The maximum atomic E-state index is 5.62. The highest BCUT2D eigenvalue weighted by molar-refractivity contribution is 7.18. The predicted octanol–water partition coefficient (Wildman–Crippen LogP) is 2.59. The van der Waals surface area contributed by atoms with E-state index in [9.17, 15) is 0 Å². The SMILES string of the molecule is Cc1cccc(-n2ncc(-c3nnc(N)s3)c2C)c1. The van der Waals surface area contributed by atoms with Gasteiger partial charge in [-0.2, -0.15) is 5.10 Å². The highest BCUT2D eigenvalue weighted by Gasteiger charge is 2.13. The first-order chi connectivity index (χ1) is 9.15. The Bertz CT molecular complexity index is 728. The number of benzene rings is 1. The van der Waals surface area contributed by atoms with Crippen molar-refractivity contribution in [3.63, 3.8) is 0 Å². The summed E-state index contributed by atoms with van der Waals surface area (Å²) in [6.07, 6.45) is 1.80. The first-order valence-corrected chi connectivity index (χ1v) is 6.68. The Hall–Kier alpha value is -2.21. The van der Waals surface area contributed by atoms with Crippen molar-refractivity contribution >= 4 is 16.5 Å². The normalized spacial score (nSPS) is 10.8. The summed E-state index contributed by atoms with van der Waals surface area (Å²) in [5, 5.41) is 13.6. The van der Waals surface area contributed by atoms with Crippen LogP contribution >= 0.6 is 11.3 Å². The van der Waals surface area contributed by atoms with Crippen molar-refractivity contribution in [3.05, 3.63) is 41.7 Å². The second kappa shape index (κ2) is 4.47. The van der Waals surface area contributed by atoms with Crippen LogP contribution in [0.15, 0.2) is 30.5 Å². The Morgan fingerprint density at radius 3 is 2.74 bits per heavy atom. The van der Waals surface area contributed by atoms with Crippen LogP contribution in [0.4, 0.5) is 5.13 Å². The summed E-state index contributed by atoms with van der Waals surface area (Å²) < 4.78 is 1.90. The highest BCUT2D eigenvalue weighted by Crippen LogP contribution is 2.28. The van der Waals surface area contributed by atoms with Gasteiger partial charge in [-0.25, -0.2) is 4.68 Å². The first kappa shape index (κ1) is 11.9. The number of aromatic nitrogens is 4. The molecule has 3 aromatic rings. The minimum Gasteiger partial charge on any atom is -0.374 e. The highest BCUT2D eigenvalue weighted by atomic mass is 32.1. The zero-order valence-electron chi connectivity index (χ0n) is 10.7. The molecule has 5 nitrogen and oxygen atoms in total. The van der Waals surface area contributed by atoms with Crippen molar-refractivity contribution in [1.82, 2.24) is 20.0 Å². The average molecular weight is 271 g/mol. The number of hydrogen-bond acceptors (Lipinski definition) is 5. The third kappa shape index (κ3) is 2.10. The van der Waals surface area contributed by atoms with Crippen molar-refractivity contribution in [3.8, 4) is 16.3 Å². The molecule has 0 atom stereocenters. The summed E-state index contributed by atoms with van der Waals surface area (Å²) in [6.45, 7) is 4.08. The smallest absolute Gasteiger partial charge is 0.203 e. The van der Waals surface area contributed by atoms with Gasteiger partial charge in [-0.05, 0) is 31.5 Å². The molecule has 1 aromatic carbocycles. The van der Waals surface area contributed by atoms with Gasteiger partial charge in [-0.15, -0.1) is 10.2 Å². The van der Waals surface area contributed by atoms with Crippen LogP contribution in [0.25, 0.3) is 16.3 Å². The van der Waals surface area contributed by atoms with Gasteiger partial charge in [0.2, 0.25) is 5.13 Å². The molecule has 2 aromatic heterocycles. The van der Waals surface area contributed by atoms with Crippen molar-refractivity contribution in [2.75, 3.05) is 5.73 Å². The molecule has 96 valence electrons. The minimum atomic E-state index is 0.470. The quantitative estimate of drug-likeness (QED) is 0.777. The number of aryl methyl sites for hydroxylation is 1. The van der Waals surface area contributed by atoms with Gasteiger partial charge in [0.25, 0.3) is 0 Å². The molecule has 0 aliphatic carbocycles. The zero-order chi connectivity index (χ0) is 13.4. The van der Waals surface area contributed by atoms with Crippen LogP contribution in [0.1, 0.15) is 11.3 Å². The molecule has 0 radical (unpaired) electrons. The van der Waals surface area contributed by atoms with E-state index in [1.165, 1.54) is 16.9 Å². The lowest BCUT2D eigenvalue weighted by Crippen LogP contribution is -1.98. The van der Waals surface area contributed by atoms with Gasteiger partial charge < -0.3 is 5.73 Å². The monoisotopic (exact) mass is 271 g/mol. The maximum absolute atomic E-state index is 5.62. The molecule has 6 heteroatoms. The van der Waals surface area contributed by atoms with Crippen LogP contribution in [0.5, 0.6) is 0 Å². The van der Waals surface area contributed by atoms with Crippen LogP contribution in [-0.2, 0) is 0 Å². The predicted molar refractivity (Wildman–Crippen MR) is 76.4 cm³/mol. The van der Waals surface area contributed by atoms with Gasteiger partial charge in [0.15, 0.2) is 5.01 Å². The standard InChI is InChI=1S/C13H13N5S/c1-8-4-3-5-10(6-8)18-9(2)11(7-15-18)12-16-17-13(14)19-12/h3-7H,1-2H3,(H2,14,17). The zero-order valence-corrected chi connectivity index (χ0v) is 11.5. The van der Waals surface area contributed by atoms with E-state index in [1.54, 1.807) is 6.20 Å². The number of anilines is 1. The lowest BCUT2D eigenvalue weighted by Gasteiger charge is -2.05. The molecule has 19 heavy (non-hydrogen) atoms. The molecule has 0 saturated heterocycles. The Kier molecular flexibility index (Phi) is 2.79. The Morgan fingerprint density at radius 1 is 1.21 bits per heavy atom. The fraction of sp³-hybridized carbons (Fsp3) is 0.154. The topological polar surface area (TPSA) is 69.6 Å². The van der Waals surface area contributed by atoms with Crippen molar-refractivity contribution in [1.29, 1.82) is 0 Å². The van der Waals surface area contributed by atoms with Crippen LogP contribution in [0.2, 0.25) is 0 Å². The van der Waals surface area contributed by atoms with Gasteiger partial charge in [0.1, 0.15) is 0 Å². The lowest BCUT2D eigenvalue weighted by molar-refractivity contribution is 0.846. The number of rotatable bonds is 2. The molecule has 0 bridgehead atoms. The molecule has 0 spiro atoms. The molecule has 2 N–H and O–H groups in total. The fourth-order valence-electron chi connectivity index (χ4n) is 1.98. The molecule has 2 heterocycles. The number of nitrogens with zero attached hydrogens (tertiary/aromatic N) is 4. The molecular weight excluding hydrogens is 258 g/mol. The molecule has 0 aliphatic heterocycles. The molecule has 0 aliphatic rings. The molecule has 0 fully saturated rings. The third-order valence-electron chi connectivity index (χ3n) is 2.93. The summed E-state index contributed by atoms with van der Waals surface area (Å²) in [5.41, 5.74) is 9.86. The maximum Gasteiger partial charge on any atom is 0.203 e. The Morgan fingerprint density at radius 2 is 2.05 bits per heavy atom. The Labute approximate surface area is 114 Å². The van der Waals surface area contributed by atoms with Crippen LogP contribution in [0.3, 0.4) is 0 Å². The molecule has 3 rings (SSSR count). The van der Waals surface area contributed by atoms with Gasteiger partial charge in [-0.1, -0.05) is 23.5 Å². The van der Waals surface area contributed by atoms with Crippen molar-refractivity contribution < 1.29 is 0 Å². The summed E-state index contributed by atoms with van der Waals surface area (Å²) in [5.74, 6) is 0. The van der Waals surface area contributed by atoms with E-state index in [4.69, 9.17) is 5.73 Å². The van der Waals surface area contributed by atoms with Crippen LogP contribution in [0, 0.1) is 13.8 Å². The average Bonchev–Trinajstić information content (AvgIpc) is 2.95. The summed E-state index contributed by atoms with van der Waals surface area (Å²) in [6, 6.07) is 8.21. The molecule has 0 saturated carbocycles. The third-order valence-corrected chi connectivity index (χ3v) is 3.71. The fourth-order valence-corrected chi connectivity index (χ4v) is 2.65. The molecule has 0 amide bonds. The van der Waals surface area contributed by atoms with E-state index in [2.05, 4.69) is 34.4 Å². The lowest BCUT2D eigenvalue weighted by atomic mass is 10.2. The Balaban J connectivity index is 2.08. The van der Waals surface area contributed by atoms with Crippen LogP contribution in [-0.4, -0.2) is 20.0 Å². The number of nitrogen functional groups attached to an aromatic ring is 1. The van der Waals surface area contributed by atoms with Gasteiger partial charge in [0, 0.05) is 0 Å². The second-order valence-corrected chi connectivity index (χ2v) is 5.35. The summed E-state index contributed by atoms with van der Waals surface area (Å²) in [4.78, 5) is 0. The van der Waals surface area contributed by atoms with Gasteiger partial charge in [-0.3, -0.25) is 0 Å². The number of hydrogen-bond donors (Lipinski definition) is 1.